The molecule has 0 heterocycles. The molecule has 3 aromatic carbocycles. The van der Waals surface area contributed by atoms with Crippen LogP contribution in [0.2, 0.25) is 0 Å². The predicted octanol–water partition coefficient (Wildman–Crippen LogP) is 4.92. The lowest BCUT2D eigenvalue weighted by Gasteiger charge is -2.16. The monoisotopic (exact) mass is 441 g/mol. The van der Waals surface area contributed by atoms with Crippen LogP contribution in [0.1, 0.15) is 11.1 Å². The molecule has 0 bridgehead atoms. The van der Waals surface area contributed by atoms with E-state index >= 15 is 0 Å². The number of nitrogens with one attached hydrogen (secondary N) is 3. The number of anilines is 3. The maximum Gasteiger partial charge on any atom is 0.263 e. The Hall–Kier alpha value is -3.10. The second-order valence-electron chi connectivity index (χ2n) is 6.78. The van der Waals surface area contributed by atoms with Crippen LogP contribution in [0, 0.1) is 13.8 Å². The zero-order valence-electron chi connectivity index (χ0n) is 16.9. The fourth-order valence-electron chi connectivity index (χ4n) is 2.75. The lowest BCUT2D eigenvalue weighted by atomic mass is 10.2. The van der Waals surface area contributed by atoms with Gasteiger partial charge in [-0.1, -0.05) is 23.8 Å². The van der Waals surface area contributed by atoms with E-state index in [0.29, 0.717) is 22.2 Å². The van der Waals surface area contributed by atoms with E-state index in [-0.39, 0.29) is 4.90 Å². The molecule has 30 heavy (non-hydrogen) atoms. The Labute approximate surface area is 182 Å². The Balaban J connectivity index is 1.82. The van der Waals surface area contributed by atoms with Gasteiger partial charge in [-0.25, -0.2) is 8.42 Å². The van der Waals surface area contributed by atoms with Crippen molar-refractivity contribution < 1.29 is 13.2 Å². The highest BCUT2D eigenvalue weighted by Crippen LogP contribution is 2.26. The predicted molar refractivity (Wildman–Crippen MR) is 126 cm³/mol. The lowest BCUT2D eigenvalue weighted by molar-refractivity contribution is 0.415. The second-order valence-corrected chi connectivity index (χ2v) is 8.84. The molecule has 3 N–H and O–H groups in total. The number of hydrogen-bond donors (Lipinski definition) is 3. The van der Waals surface area contributed by atoms with Gasteiger partial charge in [-0.15, -0.1) is 0 Å². The first-order valence-corrected chi connectivity index (χ1v) is 11.1. The minimum Gasteiger partial charge on any atom is -0.497 e. The average molecular weight is 442 g/mol. The van der Waals surface area contributed by atoms with Crippen molar-refractivity contribution in [1.29, 1.82) is 0 Å². The van der Waals surface area contributed by atoms with Gasteiger partial charge in [0.25, 0.3) is 10.0 Å². The number of aryl methyl sites for hydroxylation is 2. The summed E-state index contributed by atoms with van der Waals surface area (Å²) < 4.78 is 33.8. The summed E-state index contributed by atoms with van der Waals surface area (Å²) >= 11 is 5.37. The highest BCUT2D eigenvalue weighted by atomic mass is 32.2. The Morgan fingerprint density at radius 1 is 0.833 bits per heavy atom. The molecule has 0 saturated heterocycles. The molecule has 3 aromatic rings. The molecule has 0 aliphatic carbocycles. The second kappa shape index (κ2) is 9.15. The van der Waals surface area contributed by atoms with E-state index < -0.39 is 10.0 Å². The Bertz CT molecular complexity index is 1140. The lowest BCUT2D eigenvalue weighted by Crippen LogP contribution is -2.22. The van der Waals surface area contributed by atoms with Crippen molar-refractivity contribution >= 4 is 44.4 Å². The van der Waals surface area contributed by atoms with Crippen molar-refractivity contribution in [2.75, 3.05) is 22.5 Å². The molecule has 0 fully saturated rings. The molecule has 156 valence electrons. The van der Waals surface area contributed by atoms with Gasteiger partial charge in [0.1, 0.15) is 10.6 Å². The van der Waals surface area contributed by atoms with E-state index in [1.807, 2.05) is 44.2 Å². The van der Waals surface area contributed by atoms with Gasteiger partial charge in [0.15, 0.2) is 5.11 Å². The number of benzene rings is 3. The van der Waals surface area contributed by atoms with Crippen LogP contribution in [0.4, 0.5) is 17.1 Å². The van der Waals surface area contributed by atoms with Crippen LogP contribution >= 0.6 is 12.2 Å². The normalized spacial score (nSPS) is 10.9. The number of ether oxygens (including phenoxy) is 1. The van der Waals surface area contributed by atoms with Gasteiger partial charge < -0.3 is 15.4 Å². The van der Waals surface area contributed by atoms with E-state index in [1.54, 1.807) is 43.5 Å². The third-order valence-electron chi connectivity index (χ3n) is 4.33. The Morgan fingerprint density at radius 2 is 1.43 bits per heavy atom. The van der Waals surface area contributed by atoms with E-state index in [0.717, 1.165) is 16.8 Å². The van der Waals surface area contributed by atoms with Crippen molar-refractivity contribution in [2.45, 2.75) is 18.7 Å². The maximum atomic E-state index is 13.1. The average Bonchev–Trinajstić information content (AvgIpc) is 2.71. The number of hydrogen-bond acceptors (Lipinski definition) is 4. The van der Waals surface area contributed by atoms with Gasteiger partial charge in [-0.05, 0) is 80.2 Å². The topological polar surface area (TPSA) is 79.5 Å². The summed E-state index contributed by atoms with van der Waals surface area (Å²) in [6, 6.07) is 19.5. The van der Waals surface area contributed by atoms with Gasteiger partial charge in [-0.3, -0.25) is 4.72 Å². The van der Waals surface area contributed by atoms with Gasteiger partial charge in [0.05, 0.1) is 12.8 Å². The molecule has 0 amide bonds. The molecular weight excluding hydrogens is 418 g/mol. The van der Waals surface area contributed by atoms with Crippen LogP contribution in [0.5, 0.6) is 5.75 Å². The van der Waals surface area contributed by atoms with Crippen molar-refractivity contribution in [3.05, 3.63) is 77.9 Å². The number of sulfonamides is 1. The van der Waals surface area contributed by atoms with Gasteiger partial charge in [-0.2, -0.15) is 0 Å². The summed E-state index contributed by atoms with van der Waals surface area (Å²) in [4.78, 5) is 0.103. The van der Waals surface area contributed by atoms with E-state index in [4.69, 9.17) is 17.0 Å². The molecule has 0 saturated carbocycles. The molecule has 0 radical (unpaired) electrons. The minimum absolute atomic E-state index is 0.103. The molecular formula is C22H23N3O3S2. The largest absolute Gasteiger partial charge is 0.497 e. The maximum absolute atomic E-state index is 13.1. The van der Waals surface area contributed by atoms with Crippen LogP contribution in [-0.2, 0) is 10.0 Å². The zero-order valence-corrected chi connectivity index (χ0v) is 18.5. The molecule has 0 aliphatic rings. The molecule has 0 spiro atoms. The highest BCUT2D eigenvalue weighted by Gasteiger charge is 2.20. The quantitative estimate of drug-likeness (QED) is 0.471. The van der Waals surface area contributed by atoms with Crippen LogP contribution < -0.4 is 20.1 Å². The smallest absolute Gasteiger partial charge is 0.263 e. The summed E-state index contributed by atoms with van der Waals surface area (Å²) in [5.74, 6) is 0.642. The van der Waals surface area contributed by atoms with Crippen molar-refractivity contribution in [1.82, 2.24) is 0 Å². The summed E-state index contributed by atoms with van der Waals surface area (Å²) in [5.41, 5.74) is 3.57. The number of thiocarbonyl (C=S) groups is 1. The van der Waals surface area contributed by atoms with E-state index in [9.17, 15) is 8.42 Å². The van der Waals surface area contributed by atoms with Crippen molar-refractivity contribution in [3.8, 4) is 5.75 Å². The van der Waals surface area contributed by atoms with Crippen molar-refractivity contribution in [3.63, 3.8) is 0 Å². The van der Waals surface area contributed by atoms with Gasteiger partial charge in [0.2, 0.25) is 0 Å². The first-order valence-electron chi connectivity index (χ1n) is 9.19. The molecule has 0 unspecified atom stereocenters. The minimum atomic E-state index is -3.85. The molecule has 0 atom stereocenters. The van der Waals surface area contributed by atoms with Crippen LogP contribution in [-0.4, -0.2) is 20.6 Å². The van der Waals surface area contributed by atoms with Crippen LogP contribution in [0.25, 0.3) is 0 Å². The third-order valence-corrected chi connectivity index (χ3v) is 5.95. The summed E-state index contributed by atoms with van der Waals surface area (Å²) in [6.07, 6.45) is 0. The third kappa shape index (κ3) is 5.49. The molecule has 3 rings (SSSR count). The van der Waals surface area contributed by atoms with Crippen LogP contribution in [0.15, 0.2) is 71.6 Å². The molecule has 8 heteroatoms. The van der Waals surface area contributed by atoms with E-state index in [1.165, 1.54) is 0 Å². The number of methoxy groups -OCH3 is 1. The van der Waals surface area contributed by atoms with Gasteiger partial charge in [0, 0.05) is 11.4 Å². The summed E-state index contributed by atoms with van der Waals surface area (Å²) in [6.45, 7) is 3.83. The van der Waals surface area contributed by atoms with Crippen molar-refractivity contribution in [2.24, 2.45) is 0 Å². The fraction of sp³-hybridized carbons (Fsp3) is 0.136. The molecule has 0 aliphatic heterocycles. The summed E-state index contributed by atoms with van der Waals surface area (Å²) in [7, 11) is -2.30. The van der Waals surface area contributed by atoms with E-state index in [2.05, 4.69) is 15.4 Å². The molecule has 0 aromatic heterocycles. The highest BCUT2D eigenvalue weighted by molar-refractivity contribution is 7.93. The SMILES string of the molecule is COc1ccc(NS(=O)(=O)c2cc(C)ccc2NC(=S)Nc2ccc(C)cc2)cc1. The summed E-state index contributed by atoms with van der Waals surface area (Å²) in [5, 5.41) is 6.35. The number of rotatable bonds is 6. The molecule has 6 nitrogen and oxygen atoms in total. The van der Waals surface area contributed by atoms with Crippen LogP contribution in [0.3, 0.4) is 0 Å². The first-order chi connectivity index (χ1) is 14.3. The Kier molecular flexibility index (Phi) is 6.59. The standard InChI is InChI=1S/C22H23N3O3S2/c1-15-4-7-17(8-5-15)23-22(29)24-20-13-6-16(2)14-21(20)30(26,27)25-18-9-11-19(28-3)12-10-18/h4-14,25H,1-3H3,(H2,23,24,29). The van der Waals surface area contributed by atoms with Gasteiger partial charge >= 0.3 is 0 Å². The Morgan fingerprint density at radius 3 is 2.07 bits per heavy atom. The first kappa shape index (κ1) is 21.6. The zero-order chi connectivity index (χ0) is 21.7. The fourth-order valence-corrected chi connectivity index (χ4v) is 4.28.